The molecule has 0 spiro atoms. The number of aliphatic hydroxyl groups excluding tert-OH is 1. The minimum Gasteiger partial charge on any atom is -0.444 e. The van der Waals surface area contributed by atoms with Gasteiger partial charge in [-0.2, -0.15) is 11.3 Å². The summed E-state index contributed by atoms with van der Waals surface area (Å²) >= 11 is 4.68. The lowest BCUT2D eigenvalue weighted by Crippen LogP contribution is -2.28. The van der Waals surface area contributed by atoms with Gasteiger partial charge in [0, 0.05) is 12.1 Å². The zero-order valence-electron chi connectivity index (χ0n) is 9.64. The normalized spacial score (nSPS) is 12.4. The van der Waals surface area contributed by atoms with Crippen LogP contribution < -0.4 is 5.32 Å². The van der Waals surface area contributed by atoms with Crippen molar-refractivity contribution >= 4 is 33.2 Å². The highest BCUT2D eigenvalue weighted by Gasteiger charge is 2.16. The highest BCUT2D eigenvalue weighted by molar-refractivity contribution is 9.10. The molecule has 18 heavy (non-hydrogen) atoms. The summed E-state index contributed by atoms with van der Waals surface area (Å²) in [6.07, 6.45) is -0.695. The molecule has 0 fully saturated rings. The van der Waals surface area contributed by atoms with E-state index in [0.29, 0.717) is 4.67 Å². The average Bonchev–Trinajstić information content (AvgIpc) is 2.95. The number of hydrogen-bond donors (Lipinski definition) is 2. The summed E-state index contributed by atoms with van der Waals surface area (Å²) in [6.45, 7) is 1.95. The van der Waals surface area contributed by atoms with Crippen molar-refractivity contribution in [1.82, 2.24) is 5.32 Å². The minimum absolute atomic E-state index is 0.160. The number of nitrogens with one attached hydrogen (secondary N) is 1. The fourth-order valence-corrected chi connectivity index (χ4v) is 2.73. The Bertz CT molecular complexity index is 536. The van der Waals surface area contributed by atoms with Gasteiger partial charge in [0.1, 0.15) is 0 Å². The molecular formula is C12H12BrNO3S. The van der Waals surface area contributed by atoms with Gasteiger partial charge in [-0.05, 0) is 51.3 Å². The van der Waals surface area contributed by atoms with Crippen molar-refractivity contribution in [2.45, 2.75) is 13.0 Å². The summed E-state index contributed by atoms with van der Waals surface area (Å²) < 4.78 is 5.74. The zero-order chi connectivity index (χ0) is 13.1. The van der Waals surface area contributed by atoms with Crippen molar-refractivity contribution in [2.24, 2.45) is 0 Å². The topological polar surface area (TPSA) is 62.5 Å². The van der Waals surface area contributed by atoms with E-state index in [9.17, 15) is 9.90 Å². The molecule has 0 saturated heterocycles. The second-order valence-corrected chi connectivity index (χ2v) is 5.41. The number of amides is 1. The van der Waals surface area contributed by atoms with E-state index >= 15 is 0 Å². The molecule has 2 aromatic heterocycles. The maximum atomic E-state index is 11.8. The van der Waals surface area contributed by atoms with E-state index in [0.717, 1.165) is 11.1 Å². The molecular weight excluding hydrogens is 318 g/mol. The van der Waals surface area contributed by atoms with Crippen LogP contribution in [0.5, 0.6) is 0 Å². The fourth-order valence-electron chi connectivity index (χ4n) is 1.52. The molecule has 6 heteroatoms. The van der Waals surface area contributed by atoms with Gasteiger partial charge in [0.2, 0.25) is 0 Å². The van der Waals surface area contributed by atoms with Crippen LogP contribution in [0.1, 0.15) is 27.8 Å². The zero-order valence-corrected chi connectivity index (χ0v) is 12.0. The minimum atomic E-state index is -0.695. The van der Waals surface area contributed by atoms with Crippen LogP contribution in [0.2, 0.25) is 0 Å². The van der Waals surface area contributed by atoms with E-state index in [1.165, 1.54) is 11.3 Å². The number of thiophene rings is 1. The van der Waals surface area contributed by atoms with Gasteiger partial charge in [0.05, 0.1) is 6.10 Å². The highest BCUT2D eigenvalue weighted by atomic mass is 79.9. The van der Waals surface area contributed by atoms with Crippen molar-refractivity contribution in [2.75, 3.05) is 6.54 Å². The molecule has 2 N–H and O–H groups in total. The molecule has 0 aliphatic carbocycles. The summed E-state index contributed by atoms with van der Waals surface area (Å²) in [5, 5.41) is 16.2. The van der Waals surface area contributed by atoms with Crippen molar-refractivity contribution in [3.05, 3.63) is 44.4 Å². The largest absolute Gasteiger partial charge is 0.444 e. The quantitative estimate of drug-likeness (QED) is 0.906. The first kappa shape index (κ1) is 13.3. The van der Waals surface area contributed by atoms with Crippen LogP contribution in [0.4, 0.5) is 0 Å². The SMILES string of the molecule is Cc1cc(Br)oc1C(=O)NCC(O)c1ccsc1. The maximum Gasteiger partial charge on any atom is 0.287 e. The molecule has 0 aromatic carbocycles. The van der Waals surface area contributed by atoms with Crippen LogP contribution in [0.3, 0.4) is 0 Å². The van der Waals surface area contributed by atoms with Gasteiger partial charge in [-0.25, -0.2) is 0 Å². The lowest BCUT2D eigenvalue weighted by atomic mass is 10.2. The third kappa shape index (κ3) is 3.01. The predicted octanol–water partition coefficient (Wildman–Crippen LogP) is 2.88. The van der Waals surface area contributed by atoms with Crippen molar-refractivity contribution in [3.63, 3.8) is 0 Å². The first-order chi connectivity index (χ1) is 8.58. The Morgan fingerprint density at radius 1 is 1.67 bits per heavy atom. The maximum absolute atomic E-state index is 11.8. The fraction of sp³-hybridized carbons (Fsp3) is 0.250. The smallest absolute Gasteiger partial charge is 0.287 e. The van der Waals surface area contributed by atoms with Crippen molar-refractivity contribution in [3.8, 4) is 0 Å². The molecule has 0 bridgehead atoms. The lowest BCUT2D eigenvalue weighted by molar-refractivity contribution is 0.0887. The summed E-state index contributed by atoms with van der Waals surface area (Å²) in [6, 6.07) is 3.56. The number of furan rings is 1. The van der Waals surface area contributed by atoms with Gasteiger partial charge in [-0.1, -0.05) is 0 Å². The number of aryl methyl sites for hydroxylation is 1. The third-order valence-corrected chi connectivity index (χ3v) is 3.57. The summed E-state index contributed by atoms with van der Waals surface area (Å²) in [4.78, 5) is 11.8. The Morgan fingerprint density at radius 2 is 2.44 bits per heavy atom. The van der Waals surface area contributed by atoms with Crippen LogP contribution in [-0.4, -0.2) is 17.6 Å². The number of carbonyl (C=O) groups is 1. The van der Waals surface area contributed by atoms with Gasteiger partial charge < -0.3 is 14.8 Å². The van der Waals surface area contributed by atoms with E-state index in [1.54, 1.807) is 13.0 Å². The van der Waals surface area contributed by atoms with Gasteiger partial charge in [0.25, 0.3) is 5.91 Å². The Morgan fingerprint density at radius 3 is 3.00 bits per heavy atom. The standard InChI is InChI=1S/C12H12BrNO3S/c1-7-4-10(13)17-11(7)12(16)14-5-9(15)8-2-3-18-6-8/h2-4,6,9,15H,5H2,1H3,(H,14,16). The van der Waals surface area contributed by atoms with E-state index in [-0.39, 0.29) is 18.2 Å². The number of carbonyl (C=O) groups excluding carboxylic acids is 1. The van der Waals surface area contributed by atoms with Gasteiger partial charge in [0.15, 0.2) is 10.4 Å². The molecule has 0 aliphatic rings. The molecule has 1 atom stereocenters. The molecule has 2 aromatic rings. The molecule has 4 nitrogen and oxygen atoms in total. The number of aliphatic hydroxyl groups is 1. The highest BCUT2D eigenvalue weighted by Crippen LogP contribution is 2.20. The summed E-state index contributed by atoms with van der Waals surface area (Å²) in [5.74, 6) is -0.0631. The molecule has 96 valence electrons. The van der Waals surface area contributed by atoms with Crippen molar-refractivity contribution < 1.29 is 14.3 Å². The van der Waals surface area contributed by atoms with E-state index < -0.39 is 6.10 Å². The van der Waals surface area contributed by atoms with E-state index in [2.05, 4.69) is 21.2 Å². The van der Waals surface area contributed by atoms with Crippen LogP contribution in [0.15, 0.2) is 32.0 Å². The molecule has 1 amide bonds. The van der Waals surface area contributed by atoms with Crippen LogP contribution in [-0.2, 0) is 0 Å². The Kier molecular flexibility index (Phi) is 4.21. The molecule has 2 rings (SSSR count). The number of halogens is 1. The van der Waals surface area contributed by atoms with Gasteiger partial charge >= 0.3 is 0 Å². The Balaban J connectivity index is 1.94. The van der Waals surface area contributed by atoms with Crippen LogP contribution in [0.25, 0.3) is 0 Å². The second-order valence-electron chi connectivity index (χ2n) is 3.85. The second kappa shape index (κ2) is 5.69. The molecule has 2 heterocycles. The molecule has 0 saturated carbocycles. The van der Waals surface area contributed by atoms with Crippen LogP contribution >= 0.6 is 27.3 Å². The first-order valence-electron chi connectivity index (χ1n) is 5.32. The monoisotopic (exact) mass is 329 g/mol. The van der Waals surface area contributed by atoms with Gasteiger partial charge in [-0.15, -0.1) is 0 Å². The van der Waals surface area contributed by atoms with Crippen LogP contribution in [0, 0.1) is 6.92 Å². The summed E-state index contributed by atoms with van der Waals surface area (Å²) in [7, 11) is 0. The Labute approximate surface area is 117 Å². The molecule has 0 radical (unpaired) electrons. The van der Waals surface area contributed by atoms with E-state index in [1.807, 2.05) is 16.8 Å². The van der Waals surface area contributed by atoms with Gasteiger partial charge in [-0.3, -0.25) is 4.79 Å². The van der Waals surface area contributed by atoms with Crippen molar-refractivity contribution in [1.29, 1.82) is 0 Å². The number of hydrogen-bond acceptors (Lipinski definition) is 4. The Hall–Kier alpha value is -1.11. The predicted molar refractivity (Wildman–Crippen MR) is 72.8 cm³/mol. The first-order valence-corrected chi connectivity index (χ1v) is 7.06. The molecule has 1 unspecified atom stereocenters. The third-order valence-electron chi connectivity index (χ3n) is 2.48. The number of rotatable bonds is 4. The lowest BCUT2D eigenvalue weighted by Gasteiger charge is -2.09. The summed E-state index contributed by atoms with van der Waals surface area (Å²) in [5.41, 5.74) is 1.56. The average molecular weight is 330 g/mol. The molecule has 0 aliphatic heterocycles. The van der Waals surface area contributed by atoms with E-state index in [4.69, 9.17) is 4.42 Å².